The van der Waals surface area contributed by atoms with Crippen molar-refractivity contribution in [2.24, 2.45) is 0 Å². The van der Waals surface area contributed by atoms with E-state index in [4.69, 9.17) is 9.47 Å². The zero-order valence-corrected chi connectivity index (χ0v) is 13.3. The van der Waals surface area contributed by atoms with Gasteiger partial charge in [0, 0.05) is 17.8 Å². The van der Waals surface area contributed by atoms with Gasteiger partial charge in [-0.05, 0) is 46.5 Å². The number of benzene rings is 1. The molecule has 0 fully saturated rings. The van der Waals surface area contributed by atoms with Gasteiger partial charge in [-0.15, -0.1) is 0 Å². The fourth-order valence-electron chi connectivity index (χ4n) is 2.33. The van der Waals surface area contributed by atoms with Crippen molar-refractivity contribution in [2.45, 2.75) is 12.8 Å². The molecule has 1 aromatic heterocycles. The molecule has 1 heterocycles. The Balaban J connectivity index is 1.78. The maximum Gasteiger partial charge on any atom is 0.137 e. The molecular formula is C16H15BrN2O2. The van der Waals surface area contributed by atoms with Crippen LogP contribution >= 0.6 is 15.9 Å². The summed E-state index contributed by atoms with van der Waals surface area (Å²) in [5.41, 5.74) is 3.31. The number of hydrogen-bond donors (Lipinski definition) is 0. The van der Waals surface area contributed by atoms with E-state index in [1.165, 1.54) is 0 Å². The van der Waals surface area contributed by atoms with Gasteiger partial charge in [-0.1, -0.05) is 6.08 Å². The molecule has 4 nitrogen and oxygen atoms in total. The van der Waals surface area contributed by atoms with Crippen LogP contribution in [0.5, 0.6) is 11.5 Å². The molecule has 0 bridgehead atoms. The van der Waals surface area contributed by atoms with Crippen LogP contribution in [0.4, 0.5) is 0 Å². The molecule has 108 valence electrons. The second-order valence-corrected chi connectivity index (χ2v) is 5.59. The molecule has 0 spiro atoms. The van der Waals surface area contributed by atoms with Gasteiger partial charge in [0.05, 0.1) is 17.3 Å². The molecule has 0 N–H and O–H groups in total. The van der Waals surface area contributed by atoms with E-state index < -0.39 is 0 Å². The summed E-state index contributed by atoms with van der Waals surface area (Å²) < 4.78 is 12.1. The Kier molecular flexibility index (Phi) is 4.20. The summed E-state index contributed by atoms with van der Waals surface area (Å²) in [7, 11) is 1.64. The van der Waals surface area contributed by atoms with Crippen LogP contribution < -0.4 is 9.47 Å². The van der Waals surface area contributed by atoms with Crippen LogP contribution in [0.25, 0.3) is 5.57 Å². The summed E-state index contributed by atoms with van der Waals surface area (Å²) in [5, 5.41) is 0. The van der Waals surface area contributed by atoms with Crippen molar-refractivity contribution >= 4 is 21.5 Å². The molecule has 1 aliphatic rings. The highest BCUT2D eigenvalue weighted by atomic mass is 79.9. The zero-order valence-electron chi connectivity index (χ0n) is 11.7. The van der Waals surface area contributed by atoms with E-state index in [0.717, 1.165) is 45.6 Å². The highest BCUT2D eigenvalue weighted by molar-refractivity contribution is 9.10. The Hall–Kier alpha value is -1.88. The van der Waals surface area contributed by atoms with Gasteiger partial charge in [-0.3, -0.25) is 0 Å². The van der Waals surface area contributed by atoms with E-state index in [1.807, 2.05) is 24.4 Å². The molecule has 1 aliphatic carbocycles. The number of aromatic nitrogens is 2. The van der Waals surface area contributed by atoms with Gasteiger partial charge in [0.15, 0.2) is 0 Å². The number of allylic oxidation sites excluding steroid dienone is 1. The molecule has 21 heavy (non-hydrogen) atoms. The third-order valence-corrected chi connectivity index (χ3v) is 4.09. The Labute approximate surface area is 132 Å². The van der Waals surface area contributed by atoms with Crippen molar-refractivity contribution in [3.8, 4) is 11.5 Å². The van der Waals surface area contributed by atoms with Gasteiger partial charge >= 0.3 is 0 Å². The lowest BCUT2D eigenvalue weighted by Gasteiger charge is -2.17. The molecule has 3 rings (SSSR count). The minimum Gasteiger partial charge on any atom is -0.497 e. The quantitative estimate of drug-likeness (QED) is 0.847. The number of fused-ring (bicyclic) bond motifs is 1. The number of rotatable bonds is 4. The molecule has 0 amide bonds. The Morgan fingerprint density at radius 3 is 3.10 bits per heavy atom. The van der Waals surface area contributed by atoms with Crippen molar-refractivity contribution in [2.75, 3.05) is 13.7 Å². The summed E-state index contributed by atoms with van der Waals surface area (Å²) in [6, 6.07) is 5.68. The fraction of sp³-hybridized carbons (Fsp3) is 0.250. The third kappa shape index (κ3) is 3.08. The van der Waals surface area contributed by atoms with Gasteiger partial charge in [-0.25, -0.2) is 9.97 Å². The average molecular weight is 347 g/mol. The third-order valence-electron chi connectivity index (χ3n) is 3.43. The first kappa shape index (κ1) is 14.1. The van der Waals surface area contributed by atoms with E-state index in [2.05, 4.69) is 32.0 Å². The standard InChI is InChI=1S/C16H15BrN2O2/c1-20-12-5-6-14(17)16(7-12)21-9-11-3-2-4-15-13(11)8-18-10-19-15/h3,5-8,10H,2,4,9H2,1H3. The van der Waals surface area contributed by atoms with Crippen LogP contribution in [-0.2, 0) is 6.42 Å². The SMILES string of the molecule is COc1ccc(Br)c(OCC2=CCCc3ncncc32)c1. The van der Waals surface area contributed by atoms with Crippen molar-refractivity contribution in [3.63, 3.8) is 0 Å². The minimum atomic E-state index is 0.492. The number of halogens is 1. The second-order valence-electron chi connectivity index (χ2n) is 4.74. The Morgan fingerprint density at radius 1 is 1.33 bits per heavy atom. The van der Waals surface area contributed by atoms with E-state index in [9.17, 15) is 0 Å². The highest BCUT2D eigenvalue weighted by Gasteiger charge is 2.15. The van der Waals surface area contributed by atoms with Crippen LogP contribution in [0.1, 0.15) is 17.7 Å². The molecule has 0 aliphatic heterocycles. The first-order valence-electron chi connectivity index (χ1n) is 6.72. The first-order chi connectivity index (χ1) is 10.3. The van der Waals surface area contributed by atoms with Gasteiger partial charge in [0.25, 0.3) is 0 Å². The molecule has 5 heteroatoms. The summed E-state index contributed by atoms with van der Waals surface area (Å²) >= 11 is 3.49. The van der Waals surface area contributed by atoms with E-state index in [0.29, 0.717) is 6.61 Å². The van der Waals surface area contributed by atoms with Gasteiger partial charge < -0.3 is 9.47 Å². The molecule has 0 radical (unpaired) electrons. The van der Waals surface area contributed by atoms with E-state index in [1.54, 1.807) is 13.4 Å². The summed E-state index contributed by atoms with van der Waals surface area (Å²) in [6.07, 6.45) is 7.60. The van der Waals surface area contributed by atoms with Gasteiger partial charge in [0.1, 0.15) is 24.4 Å². The monoisotopic (exact) mass is 346 g/mol. The van der Waals surface area contributed by atoms with Crippen molar-refractivity contribution < 1.29 is 9.47 Å². The van der Waals surface area contributed by atoms with Crippen LogP contribution in [0.3, 0.4) is 0 Å². The summed E-state index contributed by atoms with van der Waals surface area (Å²) in [4.78, 5) is 8.44. The molecule has 0 atom stereocenters. The van der Waals surface area contributed by atoms with Crippen molar-refractivity contribution in [1.82, 2.24) is 9.97 Å². The minimum absolute atomic E-state index is 0.492. The van der Waals surface area contributed by atoms with E-state index in [-0.39, 0.29) is 0 Å². The van der Waals surface area contributed by atoms with Gasteiger partial charge in [0.2, 0.25) is 0 Å². The number of nitrogens with zero attached hydrogens (tertiary/aromatic N) is 2. The highest BCUT2D eigenvalue weighted by Crippen LogP contribution is 2.31. The predicted octanol–water partition coefficient (Wildman–Crippen LogP) is 3.66. The molecular weight excluding hydrogens is 332 g/mol. The Bertz CT molecular complexity index is 686. The molecule has 2 aromatic rings. The summed E-state index contributed by atoms with van der Waals surface area (Å²) in [6.45, 7) is 0.492. The average Bonchev–Trinajstić information content (AvgIpc) is 2.54. The van der Waals surface area contributed by atoms with Crippen LogP contribution in [-0.4, -0.2) is 23.7 Å². The van der Waals surface area contributed by atoms with Crippen molar-refractivity contribution in [3.05, 3.63) is 52.5 Å². The number of aryl methyl sites for hydroxylation is 1. The first-order valence-corrected chi connectivity index (χ1v) is 7.52. The van der Waals surface area contributed by atoms with Crippen LogP contribution in [0.15, 0.2) is 41.3 Å². The summed E-state index contributed by atoms with van der Waals surface area (Å²) in [5.74, 6) is 1.54. The fourth-order valence-corrected chi connectivity index (χ4v) is 2.69. The molecule has 0 saturated heterocycles. The molecule has 1 aromatic carbocycles. The maximum absolute atomic E-state index is 5.92. The molecule has 0 saturated carbocycles. The smallest absolute Gasteiger partial charge is 0.137 e. The van der Waals surface area contributed by atoms with Gasteiger partial charge in [-0.2, -0.15) is 0 Å². The second kappa shape index (κ2) is 6.26. The molecule has 0 unspecified atom stereocenters. The van der Waals surface area contributed by atoms with Crippen LogP contribution in [0, 0.1) is 0 Å². The topological polar surface area (TPSA) is 44.2 Å². The van der Waals surface area contributed by atoms with Crippen LogP contribution in [0.2, 0.25) is 0 Å². The maximum atomic E-state index is 5.92. The van der Waals surface area contributed by atoms with E-state index >= 15 is 0 Å². The largest absolute Gasteiger partial charge is 0.497 e. The number of ether oxygens (including phenoxy) is 2. The number of hydrogen-bond acceptors (Lipinski definition) is 4. The lowest BCUT2D eigenvalue weighted by Crippen LogP contribution is -2.09. The van der Waals surface area contributed by atoms with Crippen molar-refractivity contribution in [1.29, 1.82) is 0 Å². The number of methoxy groups -OCH3 is 1. The lowest BCUT2D eigenvalue weighted by atomic mass is 9.97. The predicted molar refractivity (Wildman–Crippen MR) is 84.5 cm³/mol. The zero-order chi connectivity index (χ0) is 14.7. The normalized spacial score (nSPS) is 13.3. The lowest BCUT2D eigenvalue weighted by molar-refractivity contribution is 0.360. The Morgan fingerprint density at radius 2 is 2.24 bits per heavy atom.